The Kier molecular flexibility index (Phi) is 6.35. The van der Waals surface area contributed by atoms with Crippen molar-refractivity contribution in [1.29, 1.82) is 0 Å². The van der Waals surface area contributed by atoms with Crippen LogP contribution in [0, 0.1) is 0 Å². The van der Waals surface area contributed by atoms with Crippen LogP contribution in [0.3, 0.4) is 0 Å². The first-order chi connectivity index (χ1) is 12.6. The molecule has 0 unspecified atom stereocenters. The lowest BCUT2D eigenvalue weighted by Gasteiger charge is -2.39. The Labute approximate surface area is 157 Å². The van der Waals surface area contributed by atoms with Crippen LogP contribution < -0.4 is 4.72 Å². The number of halogens is 6. The van der Waals surface area contributed by atoms with Crippen LogP contribution in [0.4, 0.5) is 26.3 Å². The number of rotatable bonds is 7. The number of hydrogen-bond donors (Lipinski definition) is 1. The molecule has 16 heteroatoms. The van der Waals surface area contributed by atoms with Crippen molar-refractivity contribution in [1.82, 2.24) is 13.9 Å². The SMILES string of the molecule is CNS(=O)(=O)C(F)(F)C(F)(F)C(F)(F)S(=O)(=O)N1CCN([C@@H]2CCOC2)CC1. The highest BCUT2D eigenvalue weighted by molar-refractivity contribution is 7.91. The van der Waals surface area contributed by atoms with Crippen LogP contribution in [0.1, 0.15) is 6.42 Å². The molecule has 0 aromatic heterocycles. The van der Waals surface area contributed by atoms with Gasteiger partial charge in [-0.3, -0.25) is 4.90 Å². The van der Waals surface area contributed by atoms with E-state index >= 15 is 0 Å². The minimum Gasteiger partial charge on any atom is -0.380 e. The Hall–Kier alpha value is -0.680. The maximum Gasteiger partial charge on any atom is 0.428 e. The van der Waals surface area contributed by atoms with Crippen molar-refractivity contribution in [2.24, 2.45) is 0 Å². The molecule has 2 aliphatic rings. The third-order valence-electron chi connectivity index (χ3n) is 4.70. The first-order valence-electron chi connectivity index (χ1n) is 8.01. The number of hydrogen-bond acceptors (Lipinski definition) is 6. The molecule has 2 saturated heterocycles. The van der Waals surface area contributed by atoms with Crippen LogP contribution in [0.15, 0.2) is 0 Å². The fraction of sp³-hybridized carbons (Fsp3) is 1.00. The van der Waals surface area contributed by atoms with Crippen LogP contribution in [-0.4, -0.2) is 95.0 Å². The lowest BCUT2D eigenvalue weighted by Crippen LogP contribution is -2.65. The standard InChI is InChI=1S/C12H19F6N3O5S2/c1-19-27(22,23)11(15,16)10(13,14)12(17,18)28(24,25)21-5-3-20(4-6-21)9-2-7-26-8-9/h9,19H,2-8H2,1H3/t9-/m1/s1. The molecule has 166 valence electrons. The third kappa shape index (κ3) is 3.51. The first kappa shape index (κ1) is 23.6. The van der Waals surface area contributed by atoms with E-state index in [0.29, 0.717) is 26.7 Å². The van der Waals surface area contributed by atoms with Gasteiger partial charge in [0.15, 0.2) is 0 Å². The smallest absolute Gasteiger partial charge is 0.380 e. The third-order valence-corrected chi connectivity index (χ3v) is 8.11. The first-order valence-corrected chi connectivity index (χ1v) is 10.9. The summed E-state index contributed by atoms with van der Waals surface area (Å²) in [6.07, 6.45) is 0.620. The molecule has 0 aromatic carbocycles. The number of nitrogens with zero attached hydrogens (tertiary/aromatic N) is 2. The van der Waals surface area contributed by atoms with E-state index in [1.807, 2.05) is 0 Å². The summed E-state index contributed by atoms with van der Waals surface area (Å²) in [5, 5.41) is -12.7. The van der Waals surface area contributed by atoms with Gasteiger partial charge in [0.2, 0.25) is 0 Å². The molecule has 0 radical (unpaired) electrons. The highest BCUT2D eigenvalue weighted by Crippen LogP contribution is 2.51. The van der Waals surface area contributed by atoms with E-state index in [9.17, 15) is 43.2 Å². The zero-order valence-electron chi connectivity index (χ0n) is 14.5. The molecule has 1 atom stereocenters. The normalized spacial score (nSPS) is 24.6. The summed E-state index contributed by atoms with van der Waals surface area (Å²) >= 11 is 0. The lowest BCUT2D eigenvalue weighted by atomic mass is 10.2. The zero-order chi connectivity index (χ0) is 21.6. The minimum absolute atomic E-state index is 0.0324. The van der Waals surface area contributed by atoms with Crippen LogP contribution in [0.5, 0.6) is 0 Å². The number of piperazine rings is 1. The van der Waals surface area contributed by atoms with Crippen molar-refractivity contribution in [2.75, 3.05) is 46.4 Å². The average molecular weight is 463 g/mol. The maximum atomic E-state index is 14.1. The Bertz CT molecular complexity index is 778. The van der Waals surface area contributed by atoms with E-state index in [1.54, 1.807) is 4.90 Å². The Balaban J connectivity index is 2.26. The van der Waals surface area contributed by atoms with Gasteiger partial charge in [0.05, 0.1) is 6.61 Å². The van der Waals surface area contributed by atoms with Crippen molar-refractivity contribution in [3.8, 4) is 0 Å². The molecule has 0 spiro atoms. The van der Waals surface area contributed by atoms with Gasteiger partial charge in [0, 0.05) is 38.8 Å². The molecule has 0 aliphatic carbocycles. The van der Waals surface area contributed by atoms with Gasteiger partial charge in [-0.05, 0) is 13.5 Å². The van der Waals surface area contributed by atoms with Gasteiger partial charge < -0.3 is 4.74 Å². The Morgan fingerprint density at radius 2 is 1.46 bits per heavy atom. The molecule has 0 bridgehead atoms. The minimum atomic E-state index is -6.73. The van der Waals surface area contributed by atoms with Gasteiger partial charge in [-0.2, -0.15) is 30.6 Å². The summed E-state index contributed by atoms with van der Waals surface area (Å²) in [5.41, 5.74) is 0. The van der Waals surface area contributed by atoms with Crippen molar-refractivity contribution >= 4 is 20.0 Å². The molecular weight excluding hydrogens is 444 g/mol. The maximum absolute atomic E-state index is 14.1. The van der Waals surface area contributed by atoms with E-state index in [-0.39, 0.29) is 23.4 Å². The molecule has 2 rings (SSSR count). The molecule has 28 heavy (non-hydrogen) atoms. The summed E-state index contributed by atoms with van der Waals surface area (Å²) in [4.78, 5) is 1.72. The summed E-state index contributed by atoms with van der Waals surface area (Å²) < 4.78 is 136. The second-order valence-electron chi connectivity index (χ2n) is 6.27. The fourth-order valence-electron chi connectivity index (χ4n) is 2.91. The molecule has 0 aromatic rings. The van der Waals surface area contributed by atoms with Crippen molar-refractivity contribution in [3.63, 3.8) is 0 Å². The predicted octanol–water partition coefficient (Wildman–Crippen LogP) is 0.0928. The Morgan fingerprint density at radius 3 is 1.89 bits per heavy atom. The largest absolute Gasteiger partial charge is 0.428 e. The van der Waals surface area contributed by atoms with Crippen molar-refractivity contribution in [2.45, 2.75) is 28.9 Å². The van der Waals surface area contributed by atoms with Gasteiger partial charge in [-0.25, -0.2) is 21.6 Å². The van der Waals surface area contributed by atoms with Gasteiger partial charge in [-0.1, -0.05) is 0 Å². The monoisotopic (exact) mass is 463 g/mol. The zero-order valence-corrected chi connectivity index (χ0v) is 16.2. The number of ether oxygens (including phenoxy) is 1. The highest BCUT2D eigenvalue weighted by atomic mass is 32.2. The van der Waals surface area contributed by atoms with E-state index in [1.165, 1.54) is 0 Å². The quantitative estimate of drug-likeness (QED) is 0.538. The summed E-state index contributed by atoms with van der Waals surface area (Å²) in [6, 6.07) is -0.0862. The number of nitrogens with one attached hydrogen (secondary N) is 1. The van der Waals surface area contributed by atoms with E-state index < -0.39 is 49.6 Å². The van der Waals surface area contributed by atoms with E-state index in [4.69, 9.17) is 4.74 Å². The van der Waals surface area contributed by atoms with Gasteiger partial charge in [0.25, 0.3) is 20.0 Å². The van der Waals surface area contributed by atoms with Crippen molar-refractivity contribution < 1.29 is 47.9 Å². The highest BCUT2D eigenvalue weighted by Gasteiger charge is 2.82. The van der Waals surface area contributed by atoms with Gasteiger partial charge >= 0.3 is 16.4 Å². The number of alkyl halides is 6. The van der Waals surface area contributed by atoms with Gasteiger partial charge in [0.1, 0.15) is 0 Å². The second-order valence-corrected chi connectivity index (χ2v) is 10.2. The van der Waals surface area contributed by atoms with E-state index in [2.05, 4.69) is 0 Å². The molecule has 0 saturated carbocycles. The molecule has 2 aliphatic heterocycles. The van der Waals surface area contributed by atoms with Crippen LogP contribution >= 0.6 is 0 Å². The van der Waals surface area contributed by atoms with Crippen LogP contribution in [0.2, 0.25) is 0 Å². The van der Waals surface area contributed by atoms with Crippen molar-refractivity contribution in [3.05, 3.63) is 0 Å². The summed E-state index contributed by atoms with van der Waals surface area (Å²) in [5.74, 6) is -6.73. The molecule has 2 heterocycles. The molecular formula is C12H19F6N3O5S2. The fourth-order valence-corrected chi connectivity index (χ4v) is 5.12. The van der Waals surface area contributed by atoms with Gasteiger partial charge in [-0.15, -0.1) is 0 Å². The lowest BCUT2D eigenvalue weighted by molar-refractivity contribution is -0.245. The molecule has 8 nitrogen and oxygen atoms in total. The topological polar surface area (TPSA) is 96.0 Å². The van der Waals surface area contributed by atoms with Crippen LogP contribution in [0.25, 0.3) is 0 Å². The van der Waals surface area contributed by atoms with Crippen LogP contribution in [-0.2, 0) is 24.8 Å². The molecule has 1 N–H and O–H groups in total. The average Bonchev–Trinajstić information content (AvgIpc) is 3.15. The second kappa shape index (κ2) is 7.54. The Morgan fingerprint density at radius 1 is 0.929 bits per heavy atom. The molecule has 2 fully saturated rings. The summed E-state index contributed by atoms with van der Waals surface area (Å²) in [6.45, 7) is -0.679. The number of sulfonamides is 2. The summed E-state index contributed by atoms with van der Waals surface area (Å²) in [7, 11) is -12.3. The predicted molar refractivity (Wildman–Crippen MR) is 84.1 cm³/mol. The van der Waals surface area contributed by atoms with E-state index in [0.717, 1.165) is 4.72 Å². The molecule has 0 amide bonds.